The van der Waals surface area contributed by atoms with E-state index >= 15 is 0 Å². The van der Waals surface area contributed by atoms with Crippen molar-refractivity contribution < 1.29 is 4.79 Å². The number of carbonyl (C=O) groups is 1. The molecule has 0 aliphatic heterocycles. The molecule has 20 heavy (non-hydrogen) atoms. The van der Waals surface area contributed by atoms with Crippen molar-refractivity contribution in [3.05, 3.63) is 23.4 Å². The van der Waals surface area contributed by atoms with Gasteiger partial charge < -0.3 is 5.32 Å². The predicted molar refractivity (Wildman–Crippen MR) is 79.4 cm³/mol. The van der Waals surface area contributed by atoms with Crippen LogP contribution in [0.2, 0.25) is 0 Å². The number of pyridine rings is 1. The van der Waals surface area contributed by atoms with Crippen molar-refractivity contribution in [3.8, 4) is 6.07 Å². The summed E-state index contributed by atoms with van der Waals surface area (Å²) in [5.41, 5.74) is 1.39. The molecule has 0 saturated heterocycles. The molecule has 1 aromatic heterocycles. The molecule has 0 atom stereocenters. The molecule has 4 nitrogen and oxygen atoms in total. The van der Waals surface area contributed by atoms with Crippen molar-refractivity contribution in [1.29, 1.82) is 5.26 Å². The van der Waals surface area contributed by atoms with Crippen molar-refractivity contribution in [3.63, 3.8) is 0 Å². The van der Waals surface area contributed by atoms with E-state index in [2.05, 4.69) is 16.4 Å². The van der Waals surface area contributed by atoms with Gasteiger partial charge in [0.05, 0.1) is 11.3 Å². The van der Waals surface area contributed by atoms with Crippen LogP contribution < -0.4 is 5.32 Å². The number of aromatic nitrogens is 1. The van der Waals surface area contributed by atoms with Crippen molar-refractivity contribution in [2.24, 2.45) is 0 Å². The Labute approximate surface area is 124 Å². The largest absolute Gasteiger partial charge is 0.353 e. The van der Waals surface area contributed by atoms with Gasteiger partial charge in [-0.25, -0.2) is 4.98 Å². The van der Waals surface area contributed by atoms with E-state index in [9.17, 15) is 4.79 Å². The zero-order chi connectivity index (χ0) is 14.4. The van der Waals surface area contributed by atoms with E-state index in [0.717, 1.165) is 18.5 Å². The minimum atomic E-state index is 0.0362. The fourth-order valence-corrected chi connectivity index (χ4v) is 3.21. The molecule has 0 bridgehead atoms. The molecule has 2 rings (SSSR count). The van der Waals surface area contributed by atoms with Crippen molar-refractivity contribution >= 4 is 17.7 Å². The van der Waals surface area contributed by atoms with Gasteiger partial charge in [0.15, 0.2) is 0 Å². The molecule has 1 saturated carbocycles. The summed E-state index contributed by atoms with van der Waals surface area (Å²) in [4.78, 5) is 16.2. The van der Waals surface area contributed by atoms with E-state index < -0.39 is 0 Å². The summed E-state index contributed by atoms with van der Waals surface area (Å²) >= 11 is 1.34. The van der Waals surface area contributed by atoms with Gasteiger partial charge in [0.2, 0.25) is 5.91 Å². The summed E-state index contributed by atoms with van der Waals surface area (Å²) in [7, 11) is 0. The maximum Gasteiger partial charge on any atom is 0.230 e. The SMILES string of the molecule is Cc1ccc(C#N)c(SCC(=O)NC2CCCCC2)n1. The second-order valence-electron chi connectivity index (χ2n) is 5.11. The average molecular weight is 289 g/mol. The smallest absolute Gasteiger partial charge is 0.230 e. The number of thioether (sulfide) groups is 1. The van der Waals surface area contributed by atoms with Gasteiger partial charge in [-0.15, -0.1) is 0 Å². The van der Waals surface area contributed by atoms with Crippen LogP contribution in [0.3, 0.4) is 0 Å². The highest BCUT2D eigenvalue weighted by molar-refractivity contribution is 8.00. The number of rotatable bonds is 4. The summed E-state index contributed by atoms with van der Waals surface area (Å²) in [6, 6.07) is 6.01. The Kier molecular flexibility index (Phi) is 5.42. The van der Waals surface area contributed by atoms with E-state index in [0.29, 0.717) is 22.4 Å². The average Bonchev–Trinajstić information content (AvgIpc) is 2.46. The molecule has 0 aromatic carbocycles. The molecule has 0 unspecified atom stereocenters. The monoisotopic (exact) mass is 289 g/mol. The van der Waals surface area contributed by atoms with Gasteiger partial charge in [-0.05, 0) is 31.9 Å². The molecular formula is C15H19N3OS. The highest BCUT2D eigenvalue weighted by atomic mass is 32.2. The number of hydrogen-bond acceptors (Lipinski definition) is 4. The Hall–Kier alpha value is -1.54. The normalized spacial score (nSPS) is 15.6. The van der Waals surface area contributed by atoms with E-state index in [1.165, 1.54) is 31.0 Å². The standard InChI is InChI=1S/C15H19N3OS/c1-11-7-8-12(9-16)15(17-11)20-10-14(19)18-13-5-3-2-4-6-13/h7-8,13H,2-6,10H2,1H3,(H,18,19). The molecule has 1 amide bonds. The van der Waals surface area contributed by atoms with Crippen molar-refractivity contribution in [2.45, 2.75) is 50.1 Å². The van der Waals surface area contributed by atoms with Crippen LogP contribution in [-0.2, 0) is 4.79 Å². The lowest BCUT2D eigenvalue weighted by molar-refractivity contribution is -0.119. The Morgan fingerprint density at radius 2 is 2.20 bits per heavy atom. The van der Waals surface area contributed by atoms with Gasteiger partial charge in [-0.3, -0.25) is 4.79 Å². The van der Waals surface area contributed by atoms with Gasteiger partial charge in [0, 0.05) is 11.7 Å². The summed E-state index contributed by atoms with van der Waals surface area (Å²) in [6.07, 6.45) is 5.86. The van der Waals surface area contributed by atoms with Crippen LogP contribution in [0.5, 0.6) is 0 Å². The maximum atomic E-state index is 11.9. The van der Waals surface area contributed by atoms with E-state index in [1.54, 1.807) is 6.07 Å². The molecule has 1 aromatic rings. The summed E-state index contributed by atoms with van der Waals surface area (Å²) in [5, 5.41) is 12.7. The lowest BCUT2D eigenvalue weighted by atomic mass is 9.95. The fourth-order valence-electron chi connectivity index (χ4n) is 2.38. The van der Waals surface area contributed by atoms with Gasteiger partial charge in [0.1, 0.15) is 11.1 Å². The van der Waals surface area contributed by atoms with Gasteiger partial charge in [-0.1, -0.05) is 31.0 Å². The first-order valence-electron chi connectivity index (χ1n) is 6.99. The minimum Gasteiger partial charge on any atom is -0.353 e. The highest BCUT2D eigenvalue weighted by Crippen LogP contribution is 2.21. The van der Waals surface area contributed by atoms with E-state index in [-0.39, 0.29) is 5.91 Å². The minimum absolute atomic E-state index is 0.0362. The molecule has 1 N–H and O–H groups in total. The quantitative estimate of drug-likeness (QED) is 0.866. The lowest BCUT2D eigenvalue weighted by Gasteiger charge is -2.22. The predicted octanol–water partition coefficient (Wildman–Crippen LogP) is 2.80. The maximum absolute atomic E-state index is 11.9. The van der Waals surface area contributed by atoms with Crippen molar-refractivity contribution in [1.82, 2.24) is 10.3 Å². The summed E-state index contributed by atoms with van der Waals surface area (Å²) in [6.45, 7) is 1.88. The number of nitrogens with one attached hydrogen (secondary N) is 1. The first kappa shape index (κ1) is 14.9. The number of nitrogens with zero attached hydrogens (tertiary/aromatic N) is 2. The number of carbonyl (C=O) groups excluding carboxylic acids is 1. The third-order valence-electron chi connectivity index (χ3n) is 3.43. The number of hydrogen-bond donors (Lipinski definition) is 1. The fraction of sp³-hybridized carbons (Fsp3) is 0.533. The summed E-state index contributed by atoms with van der Waals surface area (Å²) in [5.74, 6) is 0.357. The number of aryl methyl sites for hydroxylation is 1. The summed E-state index contributed by atoms with van der Waals surface area (Å²) < 4.78 is 0. The zero-order valence-corrected chi connectivity index (χ0v) is 12.5. The first-order valence-corrected chi connectivity index (χ1v) is 7.97. The molecule has 1 fully saturated rings. The lowest BCUT2D eigenvalue weighted by Crippen LogP contribution is -2.37. The Morgan fingerprint density at radius 3 is 2.90 bits per heavy atom. The third kappa shape index (κ3) is 4.24. The van der Waals surface area contributed by atoms with Crippen LogP contribution >= 0.6 is 11.8 Å². The van der Waals surface area contributed by atoms with Gasteiger partial charge in [-0.2, -0.15) is 5.26 Å². The topological polar surface area (TPSA) is 65.8 Å². The van der Waals surface area contributed by atoms with Crippen LogP contribution in [0, 0.1) is 18.3 Å². The highest BCUT2D eigenvalue weighted by Gasteiger charge is 2.16. The number of amides is 1. The zero-order valence-electron chi connectivity index (χ0n) is 11.7. The van der Waals surface area contributed by atoms with E-state index in [1.807, 2.05) is 13.0 Å². The molecule has 106 valence electrons. The molecule has 5 heteroatoms. The Bertz CT molecular complexity index is 518. The first-order chi connectivity index (χ1) is 9.69. The molecular weight excluding hydrogens is 270 g/mol. The van der Waals surface area contributed by atoms with Gasteiger partial charge >= 0.3 is 0 Å². The van der Waals surface area contributed by atoms with Gasteiger partial charge in [0.25, 0.3) is 0 Å². The molecule has 0 spiro atoms. The number of nitriles is 1. The third-order valence-corrected chi connectivity index (χ3v) is 4.42. The molecule has 0 radical (unpaired) electrons. The van der Waals surface area contributed by atoms with E-state index in [4.69, 9.17) is 5.26 Å². The second kappa shape index (κ2) is 7.30. The van der Waals surface area contributed by atoms with Crippen LogP contribution in [-0.4, -0.2) is 22.7 Å². The Balaban J connectivity index is 1.86. The second-order valence-corrected chi connectivity index (χ2v) is 6.07. The van der Waals surface area contributed by atoms with Crippen LogP contribution in [0.1, 0.15) is 43.4 Å². The van der Waals surface area contributed by atoms with Crippen molar-refractivity contribution in [2.75, 3.05) is 5.75 Å². The molecule has 1 heterocycles. The molecule has 1 aliphatic rings. The van der Waals surface area contributed by atoms with Crippen LogP contribution in [0.15, 0.2) is 17.2 Å². The van der Waals surface area contributed by atoms with Crippen LogP contribution in [0.4, 0.5) is 0 Å². The van der Waals surface area contributed by atoms with Crippen LogP contribution in [0.25, 0.3) is 0 Å². The molecule has 1 aliphatic carbocycles. The Morgan fingerprint density at radius 1 is 1.45 bits per heavy atom.